The second-order valence-electron chi connectivity index (χ2n) is 6.88. The minimum Gasteiger partial charge on any atom is -0.374 e. The molecule has 5 atom stereocenters. The van der Waals surface area contributed by atoms with Crippen LogP contribution in [0.3, 0.4) is 0 Å². The molecule has 0 radical (unpaired) electrons. The summed E-state index contributed by atoms with van der Waals surface area (Å²) in [5, 5.41) is 9.06. The number of halogens is 9. The van der Waals surface area contributed by atoms with Crippen LogP contribution in [0.4, 0.5) is 39.5 Å². The fraction of sp³-hybridized carbons (Fsp3) is 1.00. The van der Waals surface area contributed by atoms with Gasteiger partial charge in [-0.2, -0.15) is 26.3 Å². The molecular weight excluding hydrogens is 371 g/mol. The molecule has 2 rings (SSSR count). The molecule has 0 aliphatic heterocycles. The van der Waals surface area contributed by atoms with Crippen LogP contribution < -0.4 is 0 Å². The predicted octanol–water partition coefficient (Wildman–Crippen LogP) is 4.12. The second-order valence-corrected chi connectivity index (χ2v) is 6.88. The van der Waals surface area contributed by atoms with Gasteiger partial charge in [0, 0.05) is 5.92 Å². The van der Waals surface area contributed by atoms with E-state index in [0.29, 0.717) is 0 Å². The normalized spacial score (nSPS) is 34.0. The van der Waals surface area contributed by atoms with Gasteiger partial charge in [0.05, 0.1) is 12.7 Å². The Morgan fingerprint density at radius 3 is 1.88 bits per heavy atom. The molecule has 0 heterocycles. The molecule has 2 bridgehead atoms. The number of aliphatic hydroxyl groups is 1. The molecule has 0 aromatic rings. The lowest BCUT2D eigenvalue weighted by Crippen LogP contribution is -2.60. The number of hydrogen-bond acceptors (Lipinski definition) is 2. The first-order valence-electron chi connectivity index (χ1n) is 7.57. The SMILES string of the molecule is CC1C2CC(C[C@H]2OCC(O)(C(F)(F)F)C(F)(F)F)C1C(F)(F)CF. The lowest BCUT2D eigenvalue weighted by Gasteiger charge is -2.38. The van der Waals surface area contributed by atoms with E-state index in [9.17, 15) is 39.5 Å². The maximum Gasteiger partial charge on any atom is 0.428 e. The lowest BCUT2D eigenvalue weighted by molar-refractivity contribution is -0.380. The van der Waals surface area contributed by atoms with Crippen molar-refractivity contribution in [2.45, 2.75) is 49.7 Å². The van der Waals surface area contributed by atoms with Crippen molar-refractivity contribution in [3.05, 3.63) is 0 Å². The number of ether oxygens (including phenoxy) is 1. The highest BCUT2D eigenvalue weighted by molar-refractivity contribution is 5.05. The van der Waals surface area contributed by atoms with E-state index >= 15 is 0 Å². The van der Waals surface area contributed by atoms with Crippen LogP contribution in [0, 0.1) is 23.7 Å². The molecule has 2 fully saturated rings. The van der Waals surface area contributed by atoms with Crippen molar-refractivity contribution in [2.24, 2.45) is 23.7 Å². The highest BCUT2D eigenvalue weighted by atomic mass is 19.4. The summed E-state index contributed by atoms with van der Waals surface area (Å²) in [6, 6.07) is 0. The maximum atomic E-state index is 13.6. The van der Waals surface area contributed by atoms with E-state index in [1.165, 1.54) is 6.92 Å². The van der Waals surface area contributed by atoms with Crippen LogP contribution in [-0.2, 0) is 4.74 Å². The minimum atomic E-state index is -6.00. The van der Waals surface area contributed by atoms with E-state index < -0.39 is 66.9 Å². The van der Waals surface area contributed by atoms with E-state index in [-0.39, 0.29) is 12.8 Å². The van der Waals surface area contributed by atoms with Gasteiger partial charge in [-0.3, -0.25) is 0 Å². The van der Waals surface area contributed by atoms with Crippen molar-refractivity contribution in [2.75, 3.05) is 13.3 Å². The Morgan fingerprint density at radius 1 is 0.960 bits per heavy atom. The van der Waals surface area contributed by atoms with E-state index in [4.69, 9.17) is 9.84 Å². The lowest BCUT2D eigenvalue weighted by atomic mass is 9.75. The van der Waals surface area contributed by atoms with Gasteiger partial charge in [0.1, 0.15) is 0 Å². The van der Waals surface area contributed by atoms with Gasteiger partial charge in [0.2, 0.25) is 0 Å². The summed E-state index contributed by atoms with van der Waals surface area (Å²) in [7, 11) is 0. The molecular formula is C14H17F9O2. The Hall–Kier alpha value is -0.710. The van der Waals surface area contributed by atoms with Gasteiger partial charge in [-0.1, -0.05) is 6.92 Å². The molecule has 1 N–H and O–H groups in total. The highest BCUT2D eigenvalue weighted by Gasteiger charge is 2.71. The Bertz CT molecular complexity index is 472. The third-order valence-corrected chi connectivity index (χ3v) is 5.45. The molecule has 0 saturated heterocycles. The summed E-state index contributed by atoms with van der Waals surface area (Å²) in [4.78, 5) is 0. The summed E-state index contributed by atoms with van der Waals surface area (Å²) in [6.07, 6.45) is -13.2. The molecule has 25 heavy (non-hydrogen) atoms. The molecule has 0 amide bonds. The summed E-state index contributed by atoms with van der Waals surface area (Å²) in [5.41, 5.74) is -5.03. The summed E-state index contributed by atoms with van der Waals surface area (Å²) in [5.74, 6) is -7.20. The summed E-state index contributed by atoms with van der Waals surface area (Å²) in [6.45, 7) is -2.59. The molecule has 148 valence electrons. The number of rotatable bonds is 5. The maximum absolute atomic E-state index is 13.6. The topological polar surface area (TPSA) is 29.5 Å². The van der Waals surface area contributed by atoms with Crippen molar-refractivity contribution in [1.29, 1.82) is 0 Å². The fourth-order valence-electron chi connectivity index (χ4n) is 4.18. The molecule has 2 aliphatic carbocycles. The first-order chi connectivity index (χ1) is 11.2. The van der Waals surface area contributed by atoms with Crippen molar-refractivity contribution in [3.8, 4) is 0 Å². The molecule has 0 aromatic carbocycles. The van der Waals surface area contributed by atoms with Crippen molar-refractivity contribution < 1.29 is 49.4 Å². The molecule has 2 saturated carbocycles. The van der Waals surface area contributed by atoms with Crippen LogP contribution in [0.15, 0.2) is 0 Å². The zero-order chi connectivity index (χ0) is 19.4. The molecule has 0 aromatic heterocycles. The van der Waals surface area contributed by atoms with Crippen LogP contribution >= 0.6 is 0 Å². The summed E-state index contributed by atoms with van der Waals surface area (Å²) >= 11 is 0. The smallest absolute Gasteiger partial charge is 0.374 e. The average molecular weight is 388 g/mol. The van der Waals surface area contributed by atoms with Gasteiger partial charge in [0.15, 0.2) is 6.67 Å². The zero-order valence-corrected chi connectivity index (χ0v) is 13.0. The van der Waals surface area contributed by atoms with Crippen LogP contribution in [0.25, 0.3) is 0 Å². The van der Waals surface area contributed by atoms with Crippen LogP contribution in [0.2, 0.25) is 0 Å². The fourth-order valence-corrected chi connectivity index (χ4v) is 4.18. The summed E-state index contributed by atoms with van der Waals surface area (Å²) < 4.78 is 120. The van der Waals surface area contributed by atoms with Gasteiger partial charge in [0.25, 0.3) is 11.5 Å². The van der Waals surface area contributed by atoms with Gasteiger partial charge in [-0.05, 0) is 30.6 Å². The van der Waals surface area contributed by atoms with E-state index in [0.717, 1.165) is 0 Å². The Labute approximate surface area is 137 Å². The molecule has 2 nitrogen and oxygen atoms in total. The van der Waals surface area contributed by atoms with Gasteiger partial charge in [-0.15, -0.1) is 0 Å². The predicted molar refractivity (Wildman–Crippen MR) is 66.6 cm³/mol. The van der Waals surface area contributed by atoms with E-state index in [1.54, 1.807) is 0 Å². The third-order valence-electron chi connectivity index (χ3n) is 5.45. The van der Waals surface area contributed by atoms with Gasteiger partial charge >= 0.3 is 12.4 Å². The third kappa shape index (κ3) is 3.33. The first-order valence-corrected chi connectivity index (χ1v) is 7.57. The Morgan fingerprint density at radius 2 is 1.48 bits per heavy atom. The largest absolute Gasteiger partial charge is 0.428 e. The minimum absolute atomic E-state index is 0.114. The molecule has 11 heteroatoms. The number of alkyl halides is 9. The standard InChI is InChI=1S/C14H17F9O2/c1-6-8-2-7(10(6)11(16,17)4-15)3-9(8)25-5-12(24,13(18,19)20)14(21,22)23/h6-10,24H,2-5H2,1H3/t6?,7?,8?,9-,10?/m1/s1. The van der Waals surface area contributed by atoms with Crippen molar-refractivity contribution in [3.63, 3.8) is 0 Å². The van der Waals surface area contributed by atoms with Gasteiger partial charge in [-0.25, -0.2) is 13.2 Å². The zero-order valence-electron chi connectivity index (χ0n) is 13.0. The Balaban J connectivity index is 2.08. The number of hydrogen-bond donors (Lipinski definition) is 1. The number of fused-ring (bicyclic) bond motifs is 2. The first kappa shape index (κ1) is 20.6. The van der Waals surface area contributed by atoms with Crippen molar-refractivity contribution >= 4 is 0 Å². The van der Waals surface area contributed by atoms with E-state index in [2.05, 4.69) is 0 Å². The average Bonchev–Trinajstić information content (AvgIpc) is 2.99. The van der Waals surface area contributed by atoms with Gasteiger partial charge < -0.3 is 9.84 Å². The molecule has 4 unspecified atom stereocenters. The Kier molecular flexibility index (Phi) is 5.09. The molecule has 2 aliphatic rings. The van der Waals surface area contributed by atoms with Crippen molar-refractivity contribution in [1.82, 2.24) is 0 Å². The highest BCUT2D eigenvalue weighted by Crippen LogP contribution is 2.58. The quantitative estimate of drug-likeness (QED) is 0.718. The van der Waals surface area contributed by atoms with Crippen LogP contribution in [-0.4, -0.2) is 48.4 Å². The van der Waals surface area contributed by atoms with Crippen LogP contribution in [0.1, 0.15) is 19.8 Å². The molecule has 0 spiro atoms. The monoisotopic (exact) mass is 388 g/mol. The van der Waals surface area contributed by atoms with E-state index in [1.807, 2.05) is 0 Å². The van der Waals surface area contributed by atoms with Crippen LogP contribution in [0.5, 0.6) is 0 Å². The second kappa shape index (κ2) is 6.17.